The highest BCUT2D eigenvalue weighted by Gasteiger charge is 2.22. The molecule has 3 nitrogen and oxygen atoms in total. The Balaban J connectivity index is 1.69. The van der Waals surface area contributed by atoms with Crippen molar-refractivity contribution in [3.05, 3.63) is 99.3 Å². The van der Waals surface area contributed by atoms with E-state index in [1.807, 2.05) is 31.2 Å². The quantitative estimate of drug-likeness (QED) is 0.238. The first-order chi connectivity index (χ1) is 15.5. The molecule has 0 saturated heterocycles. The average Bonchev–Trinajstić information content (AvgIpc) is 2.81. The van der Waals surface area contributed by atoms with Gasteiger partial charge in [-0.25, -0.2) is 0 Å². The van der Waals surface area contributed by atoms with Crippen LogP contribution in [0.4, 0.5) is 0 Å². The molecule has 1 heterocycles. The standard InChI is InChI=1S/C28H31ClN2O/c1-19-16-25(29)12-13-26(19)27(18-28(31-32)24-14-15-30-20(2)17-24)23-10-8-22(9-11-23)21-6-4-3-5-7-21/h8-17,21,27,32H,3-7,18H2,1-2H3/b31-28+/t27-/m1/s1. The summed E-state index contributed by atoms with van der Waals surface area (Å²) < 4.78 is 0. The van der Waals surface area contributed by atoms with E-state index in [-0.39, 0.29) is 5.92 Å². The van der Waals surface area contributed by atoms with Crippen molar-refractivity contribution in [2.45, 2.75) is 64.2 Å². The van der Waals surface area contributed by atoms with E-state index in [9.17, 15) is 5.21 Å². The highest BCUT2D eigenvalue weighted by molar-refractivity contribution is 6.30. The van der Waals surface area contributed by atoms with Gasteiger partial charge in [-0.05, 0) is 79.1 Å². The highest BCUT2D eigenvalue weighted by Crippen LogP contribution is 2.36. The Hall–Kier alpha value is -2.65. The maximum Gasteiger partial charge on any atom is 0.0878 e. The lowest BCUT2D eigenvalue weighted by atomic mass is 9.81. The summed E-state index contributed by atoms with van der Waals surface area (Å²) in [5.74, 6) is 0.745. The molecule has 4 rings (SSSR count). The number of aromatic nitrogens is 1. The Labute approximate surface area is 196 Å². The first-order valence-corrected chi connectivity index (χ1v) is 11.9. The second kappa shape index (κ2) is 10.3. The molecule has 3 aromatic rings. The monoisotopic (exact) mass is 446 g/mol. The minimum Gasteiger partial charge on any atom is -0.411 e. The molecular formula is C28H31ClN2O. The molecule has 1 aliphatic carbocycles. The molecule has 1 saturated carbocycles. The van der Waals surface area contributed by atoms with E-state index in [1.54, 1.807) is 6.20 Å². The molecule has 4 heteroatoms. The lowest BCUT2D eigenvalue weighted by Gasteiger charge is -2.24. The topological polar surface area (TPSA) is 45.5 Å². The number of oxime groups is 1. The first-order valence-electron chi connectivity index (χ1n) is 11.5. The van der Waals surface area contributed by atoms with Gasteiger partial charge in [0.2, 0.25) is 0 Å². The van der Waals surface area contributed by atoms with Crippen LogP contribution in [0.15, 0.2) is 65.9 Å². The van der Waals surface area contributed by atoms with Crippen molar-refractivity contribution in [3.63, 3.8) is 0 Å². The summed E-state index contributed by atoms with van der Waals surface area (Å²) in [6, 6.07) is 19.0. The van der Waals surface area contributed by atoms with E-state index >= 15 is 0 Å². The van der Waals surface area contributed by atoms with E-state index in [0.717, 1.165) is 21.8 Å². The molecule has 0 radical (unpaired) electrons. The number of halogens is 1. The van der Waals surface area contributed by atoms with Gasteiger partial charge in [0.25, 0.3) is 0 Å². The van der Waals surface area contributed by atoms with Crippen LogP contribution in [0.2, 0.25) is 5.02 Å². The molecule has 2 aromatic carbocycles. The van der Waals surface area contributed by atoms with Gasteiger partial charge in [0.1, 0.15) is 0 Å². The van der Waals surface area contributed by atoms with Crippen LogP contribution in [0, 0.1) is 13.8 Å². The van der Waals surface area contributed by atoms with Crippen LogP contribution < -0.4 is 0 Å². The van der Waals surface area contributed by atoms with Crippen molar-refractivity contribution >= 4 is 17.3 Å². The lowest BCUT2D eigenvalue weighted by Crippen LogP contribution is -2.12. The number of aryl methyl sites for hydroxylation is 2. The molecule has 0 spiro atoms. The molecule has 1 N–H and O–H groups in total. The van der Waals surface area contributed by atoms with Gasteiger partial charge in [0, 0.05) is 34.8 Å². The van der Waals surface area contributed by atoms with Crippen LogP contribution in [0.1, 0.15) is 83.9 Å². The number of rotatable bonds is 6. The SMILES string of the molecule is Cc1cc(/C(C[C@H](c2ccc(C3CCCCC3)cc2)c2ccc(Cl)cc2C)=N/O)ccn1. The number of hydrogen-bond acceptors (Lipinski definition) is 3. The van der Waals surface area contributed by atoms with Crippen LogP contribution in [-0.4, -0.2) is 15.9 Å². The number of hydrogen-bond donors (Lipinski definition) is 1. The van der Waals surface area contributed by atoms with Gasteiger partial charge in [-0.2, -0.15) is 0 Å². The van der Waals surface area contributed by atoms with E-state index < -0.39 is 0 Å². The van der Waals surface area contributed by atoms with Crippen molar-refractivity contribution in [1.82, 2.24) is 4.98 Å². The summed E-state index contributed by atoms with van der Waals surface area (Å²) in [4.78, 5) is 4.28. The third-order valence-corrected chi connectivity index (χ3v) is 7.01. The predicted molar refractivity (Wildman–Crippen MR) is 132 cm³/mol. The Bertz CT molecular complexity index is 1080. The van der Waals surface area contributed by atoms with Crippen molar-refractivity contribution < 1.29 is 5.21 Å². The third-order valence-electron chi connectivity index (χ3n) is 6.77. The molecule has 0 aliphatic heterocycles. The van der Waals surface area contributed by atoms with Crippen molar-refractivity contribution in [2.75, 3.05) is 0 Å². The summed E-state index contributed by atoms with van der Waals surface area (Å²) >= 11 is 6.25. The second-order valence-electron chi connectivity index (χ2n) is 8.99. The second-order valence-corrected chi connectivity index (χ2v) is 9.43. The van der Waals surface area contributed by atoms with Gasteiger partial charge in [0.05, 0.1) is 5.71 Å². The van der Waals surface area contributed by atoms with Gasteiger partial charge >= 0.3 is 0 Å². The Kier molecular flexibility index (Phi) is 7.26. The largest absolute Gasteiger partial charge is 0.411 e. The van der Waals surface area contributed by atoms with E-state index in [2.05, 4.69) is 47.4 Å². The summed E-state index contributed by atoms with van der Waals surface area (Å²) in [5.41, 5.74) is 7.47. The zero-order valence-electron chi connectivity index (χ0n) is 18.9. The van der Waals surface area contributed by atoms with Crippen LogP contribution in [0.25, 0.3) is 0 Å². The summed E-state index contributed by atoms with van der Waals surface area (Å²) in [6.07, 6.45) is 8.97. The lowest BCUT2D eigenvalue weighted by molar-refractivity contribution is 0.317. The Morgan fingerprint density at radius 3 is 2.44 bits per heavy atom. The van der Waals surface area contributed by atoms with Crippen molar-refractivity contribution in [3.8, 4) is 0 Å². The van der Waals surface area contributed by atoms with Gasteiger partial charge < -0.3 is 5.21 Å². The maximum atomic E-state index is 9.89. The average molecular weight is 447 g/mol. The molecule has 0 amide bonds. The summed E-state index contributed by atoms with van der Waals surface area (Å²) in [6.45, 7) is 4.04. The fourth-order valence-corrected chi connectivity index (χ4v) is 5.24. The van der Waals surface area contributed by atoms with Gasteiger partial charge in [-0.1, -0.05) is 66.4 Å². The summed E-state index contributed by atoms with van der Waals surface area (Å²) in [5, 5.41) is 14.3. The van der Waals surface area contributed by atoms with Crippen LogP contribution in [0.5, 0.6) is 0 Å². The third kappa shape index (κ3) is 5.21. The molecule has 1 aliphatic rings. The van der Waals surface area contributed by atoms with E-state index in [0.29, 0.717) is 18.1 Å². The van der Waals surface area contributed by atoms with Crippen LogP contribution in [0.3, 0.4) is 0 Å². The highest BCUT2D eigenvalue weighted by atomic mass is 35.5. The summed E-state index contributed by atoms with van der Waals surface area (Å²) in [7, 11) is 0. The van der Waals surface area contributed by atoms with E-state index in [4.69, 9.17) is 11.6 Å². The smallest absolute Gasteiger partial charge is 0.0878 e. The van der Waals surface area contributed by atoms with Crippen molar-refractivity contribution in [2.24, 2.45) is 5.16 Å². The van der Waals surface area contributed by atoms with Gasteiger partial charge in [-0.3, -0.25) is 4.98 Å². The Morgan fingerprint density at radius 1 is 1.03 bits per heavy atom. The molecule has 1 aromatic heterocycles. The Morgan fingerprint density at radius 2 is 1.78 bits per heavy atom. The molecule has 0 bridgehead atoms. The van der Waals surface area contributed by atoms with Crippen LogP contribution >= 0.6 is 11.6 Å². The number of nitrogens with zero attached hydrogens (tertiary/aromatic N) is 2. The van der Waals surface area contributed by atoms with Gasteiger partial charge in [0.15, 0.2) is 0 Å². The fraction of sp³-hybridized carbons (Fsp3) is 0.357. The van der Waals surface area contributed by atoms with Crippen LogP contribution in [-0.2, 0) is 0 Å². The fourth-order valence-electron chi connectivity index (χ4n) is 5.01. The maximum absolute atomic E-state index is 9.89. The van der Waals surface area contributed by atoms with E-state index in [1.165, 1.54) is 48.8 Å². The minimum atomic E-state index is 0.0621. The zero-order chi connectivity index (χ0) is 22.5. The number of pyridine rings is 1. The molecule has 0 unspecified atom stereocenters. The van der Waals surface area contributed by atoms with Gasteiger partial charge in [-0.15, -0.1) is 0 Å². The molecule has 1 atom stereocenters. The molecule has 1 fully saturated rings. The normalized spacial score (nSPS) is 16.2. The first kappa shape index (κ1) is 22.5. The molecular weight excluding hydrogens is 416 g/mol. The molecule has 32 heavy (non-hydrogen) atoms. The minimum absolute atomic E-state index is 0.0621. The molecule has 166 valence electrons. The van der Waals surface area contributed by atoms with Crippen molar-refractivity contribution in [1.29, 1.82) is 0 Å². The number of benzene rings is 2. The predicted octanol–water partition coefficient (Wildman–Crippen LogP) is 7.80. The zero-order valence-corrected chi connectivity index (χ0v) is 19.6.